The molecule has 0 unspecified atom stereocenters. The summed E-state index contributed by atoms with van der Waals surface area (Å²) >= 11 is 0. The number of hydrogen-bond donors (Lipinski definition) is 2. The van der Waals surface area contributed by atoms with Crippen LogP contribution in [-0.4, -0.2) is 44.3 Å². The zero-order valence-corrected chi connectivity index (χ0v) is 13.8. The third-order valence-corrected chi connectivity index (χ3v) is 3.68. The number of nitrogens with two attached hydrogens (primary N) is 1. The Labute approximate surface area is 143 Å². The van der Waals surface area contributed by atoms with E-state index in [1.54, 1.807) is 6.92 Å². The Balaban J connectivity index is 2.04. The molecule has 0 bridgehead atoms. The monoisotopic (exact) mass is 359 g/mol. The summed E-state index contributed by atoms with van der Waals surface area (Å²) in [5.74, 6) is -1.22. The number of aliphatic imine (C=N–C) groups is 1. The lowest BCUT2D eigenvalue weighted by molar-refractivity contribution is 0.0905. The van der Waals surface area contributed by atoms with Crippen molar-refractivity contribution in [2.45, 2.75) is 38.0 Å². The summed E-state index contributed by atoms with van der Waals surface area (Å²) in [4.78, 5) is 14.9. The van der Waals surface area contributed by atoms with Gasteiger partial charge in [-0.15, -0.1) is 0 Å². The van der Waals surface area contributed by atoms with Crippen molar-refractivity contribution >= 4 is 11.9 Å². The molecule has 138 valence electrons. The predicted molar refractivity (Wildman–Crippen MR) is 85.1 cm³/mol. The Hall–Kier alpha value is -2.29. The average molecular weight is 359 g/mol. The first-order chi connectivity index (χ1) is 11.8. The van der Waals surface area contributed by atoms with Crippen molar-refractivity contribution in [2.24, 2.45) is 10.7 Å². The standard InChI is InChI=1S/C16H20F3N3O3/c1-8(7-24-2)21-14(23)9-3-4-12(17)10(5-9)11-6-13(11)25-16(20)22-15(18)19/h3-5,8,11,13,15H,6-7H2,1-2H3,(H2,20,22)(H,21,23)/t8-,11+,13+/m0/s1. The van der Waals surface area contributed by atoms with E-state index in [0.717, 1.165) is 0 Å². The molecule has 3 N–H and O–H groups in total. The number of halogens is 3. The van der Waals surface area contributed by atoms with Crippen molar-refractivity contribution in [1.82, 2.24) is 5.32 Å². The van der Waals surface area contributed by atoms with Gasteiger partial charge in [0.25, 0.3) is 11.9 Å². The highest BCUT2D eigenvalue weighted by Gasteiger charge is 2.43. The first-order valence-electron chi connectivity index (χ1n) is 7.69. The molecule has 1 aromatic rings. The van der Waals surface area contributed by atoms with E-state index in [4.69, 9.17) is 15.2 Å². The largest absolute Gasteiger partial charge is 0.461 e. The number of amidine groups is 1. The highest BCUT2D eigenvalue weighted by atomic mass is 19.3. The smallest absolute Gasteiger partial charge is 0.336 e. The second-order valence-corrected chi connectivity index (χ2v) is 5.81. The molecule has 0 aromatic heterocycles. The van der Waals surface area contributed by atoms with Crippen LogP contribution in [0, 0.1) is 5.82 Å². The molecule has 1 saturated carbocycles. The molecule has 3 atom stereocenters. The van der Waals surface area contributed by atoms with Crippen LogP contribution >= 0.6 is 0 Å². The van der Waals surface area contributed by atoms with E-state index in [9.17, 15) is 18.0 Å². The zero-order chi connectivity index (χ0) is 18.6. The minimum absolute atomic E-state index is 0.201. The number of nitrogens with one attached hydrogen (secondary N) is 1. The first-order valence-corrected chi connectivity index (χ1v) is 7.69. The minimum Gasteiger partial charge on any atom is -0.461 e. The Bertz CT molecular complexity index is 655. The van der Waals surface area contributed by atoms with Crippen molar-refractivity contribution in [2.75, 3.05) is 13.7 Å². The Morgan fingerprint density at radius 3 is 2.84 bits per heavy atom. The highest BCUT2D eigenvalue weighted by Crippen LogP contribution is 2.44. The van der Waals surface area contributed by atoms with Crippen LogP contribution in [0.3, 0.4) is 0 Å². The normalized spacial score (nSPS) is 21.1. The molecule has 9 heteroatoms. The van der Waals surface area contributed by atoms with Crippen molar-refractivity contribution in [1.29, 1.82) is 0 Å². The third kappa shape index (κ3) is 5.35. The van der Waals surface area contributed by atoms with Crippen molar-refractivity contribution in [3.05, 3.63) is 35.1 Å². The van der Waals surface area contributed by atoms with Crippen LogP contribution in [0.1, 0.15) is 35.2 Å². The van der Waals surface area contributed by atoms with E-state index < -0.39 is 24.5 Å². The lowest BCUT2D eigenvalue weighted by Gasteiger charge is -2.13. The van der Waals surface area contributed by atoms with E-state index in [0.29, 0.717) is 18.6 Å². The van der Waals surface area contributed by atoms with Crippen LogP contribution in [0.5, 0.6) is 0 Å². The van der Waals surface area contributed by atoms with E-state index in [1.807, 2.05) is 0 Å². The lowest BCUT2D eigenvalue weighted by atomic mass is 10.1. The van der Waals surface area contributed by atoms with Gasteiger partial charge in [-0.05, 0) is 37.1 Å². The number of carbonyl (C=O) groups excluding carboxylic acids is 1. The van der Waals surface area contributed by atoms with Crippen molar-refractivity contribution in [3.63, 3.8) is 0 Å². The maximum atomic E-state index is 14.0. The number of hydrogen-bond acceptors (Lipinski definition) is 4. The van der Waals surface area contributed by atoms with Crippen molar-refractivity contribution < 1.29 is 27.4 Å². The van der Waals surface area contributed by atoms with Crippen LogP contribution in [-0.2, 0) is 9.47 Å². The van der Waals surface area contributed by atoms with E-state index in [1.165, 1.54) is 25.3 Å². The summed E-state index contributed by atoms with van der Waals surface area (Å²) in [6.07, 6.45) is -0.135. The van der Waals surface area contributed by atoms with Gasteiger partial charge in [0, 0.05) is 24.6 Å². The number of rotatable bonds is 7. The Kier molecular flexibility index (Phi) is 6.24. The molecular weight excluding hydrogens is 339 g/mol. The van der Waals surface area contributed by atoms with E-state index in [-0.39, 0.29) is 23.4 Å². The second kappa shape index (κ2) is 8.19. The molecule has 0 spiro atoms. The summed E-state index contributed by atoms with van der Waals surface area (Å²) in [6, 6.07) is 3.16. The number of amides is 1. The number of methoxy groups -OCH3 is 1. The molecule has 2 rings (SSSR count). The maximum Gasteiger partial charge on any atom is 0.336 e. The summed E-state index contributed by atoms with van der Waals surface area (Å²) in [7, 11) is 1.52. The van der Waals surface area contributed by atoms with Gasteiger partial charge in [0.2, 0.25) is 0 Å². The van der Waals surface area contributed by atoms with Crippen LogP contribution < -0.4 is 11.1 Å². The number of benzene rings is 1. The number of nitrogens with zero attached hydrogens (tertiary/aromatic N) is 1. The molecule has 6 nitrogen and oxygen atoms in total. The average Bonchev–Trinajstić information content (AvgIpc) is 3.25. The molecule has 0 heterocycles. The van der Waals surface area contributed by atoms with Gasteiger partial charge in [-0.25, -0.2) is 4.39 Å². The molecule has 1 fully saturated rings. The third-order valence-electron chi connectivity index (χ3n) is 3.68. The molecule has 1 aliphatic rings. The van der Waals surface area contributed by atoms with Gasteiger partial charge in [-0.1, -0.05) is 0 Å². The SMILES string of the molecule is COC[C@H](C)NC(=O)c1ccc(F)c([C@H]2C[C@H]2O/C(N)=N\C(F)F)c1. The van der Waals surface area contributed by atoms with Gasteiger partial charge in [0.15, 0.2) is 0 Å². The molecule has 25 heavy (non-hydrogen) atoms. The van der Waals surface area contributed by atoms with Gasteiger partial charge in [-0.3, -0.25) is 4.79 Å². The molecule has 0 radical (unpaired) electrons. The van der Waals surface area contributed by atoms with Crippen LogP contribution in [0.2, 0.25) is 0 Å². The van der Waals surface area contributed by atoms with Gasteiger partial charge < -0.3 is 20.5 Å². The second-order valence-electron chi connectivity index (χ2n) is 5.81. The molecule has 1 amide bonds. The molecule has 0 aliphatic heterocycles. The fraction of sp³-hybridized carbons (Fsp3) is 0.500. The minimum atomic E-state index is -2.96. The quantitative estimate of drug-likeness (QED) is 0.443. The van der Waals surface area contributed by atoms with E-state index in [2.05, 4.69) is 10.3 Å². The summed E-state index contributed by atoms with van der Waals surface area (Å²) in [5, 5.41) is 2.73. The summed E-state index contributed by atoms with van der Waals surface area (Å²) < 4.78 is 48.2. The number of ether oxygens (including phenoxy) is 2. The fourth-order valence-electron chi connectivity index (χ4n) is 2.48. The first kappa shape index (κ1) is 19.0. The van der Waals surface area contributed by atoms with Crippen LogP contribution in [0.15, 0.2) is 23.2 Å². The maximum absolute atomic E-state index is 14.0. The van der Waals surface area contributed by atoms with Gasteiger partial charge in [-0.2, -0.15) is 13.8 Å². The molecule has 0 saturated heterocycles. The van der Waals surface area contributed by atoms with Gasteiger partial charge in [0.05, 0.1) is 6.61 Å². The summed E-state index contributed by atoms with van der Waals surface area (Å²) in [6.45, 7) is -0.835. The predicted octanol–water partition coefficient (Wildman–Crippen LogP) is 2.00. The summed E-state index contributed by atoms with van der Waals surface area (Å²) in [5.41, 5.74) is 5.80. The Morgan fingerprint density at radius 1 is 1.48 bits per heavy atom. The van der Waals surface area contributed by atoms with Crippen LogP contribution in [0.25, 0.3) is 0 Å². The molecular formula is C16H20F3N3O3. The van der Waals surface area contributed by atoms with E-state index >= 15 is 0 Å². The van der Waals surface area contributed by atoms with Gasteiger partial charge in [0.1, 0.15) is 11.9 Å². The fourth-order valence-corrected chi connectivity index (χ4v) is 2.48. The number of carbonyl (C=O) groups is 1. The zero-order valence-electron chi connectivity index (χ0n) is 13.8. The molecule has 1 aliphatic carbocycles. The van der Waals surface area contributed by atoms with Crippen molar-refractivity contribution in [3.8, 4) is 0 Å². The van der Waals surface area contributed by atoms with Crippen LogP contribution in [0.4, 0.5) is 13.2 Å². The number of alkyl halides is 2. The van der Waals surface area contributed by atoms with Gasteiger partial charge >= 0.3 is 6.55 Å². The Morgan fingerprint density at radius 2 is 2.20 bits per heavy atom. The molecule has 1 aromatic carbocycles. The highest BCUT2D eigenvalue weighted by molar-refractivity contribution is 5.94. The topological polar surface area (TPSA) is 85.9 Å². The lowest BCUT2D eigenvalue weighted by Crippen LogP contribution is -2.35.